The molecule has 2 heterocycles. The van der Waals surface area contributed by atoms with Gasteiger partial charge in [-0.3, -0.25) is 4.90 Å². The molecule has 1 aliphatic heterocycles. The number of aliphatic hydroxyl groups excluding tert-OH is 2. The standard InChI is InChI=1S/C11H20N4O2/c16-7-5-14(6-8-17)9-11-13-12-10-3-1-2-4-15(10)11/h16-17H,1-9H2. The highest BCUT2D eigenvalue weighted by atomic mass is 16.3. The highest BCUT2D eigenvalue weighted by Gasteiger charge is 2.17. The summed E-state index contributed by atoms with van der Waals surface area (Å²) < 4.78 is 2.17. The van der Waals surface area contributed by atoms with Crippen LogP contribution in [0.15, 0.2) is 0 Å². The average Bonchev–Trinajstić information content (AvgIpc) is 2.74. The Morgan fingerprint density at radius 2 is 1.88 bits per heavy atom. The first-order valence-electron chi connectivity index (χ1n) is 6.20. The van der Waals surface area contributed by atoms with Crippen LogP contribution in [0.5, 0.6) is 0 Å². The lowest BCUT2D eigenvalue weighted by atomic mass is 10.1. The maximum atomic E-state index is 8.96. The molecule has 0 spiro atoms. The number of hydrogen-bond acceptors (Lipinski definition) is 5. The van der Waals surface area contributed by atoms with Crippen LogP contribution in [-0.2, 0) is 19.5 Å². The summed E-state index contributed by atoms with van der Waals surface area (Å²) >= 11 is 0. The lowest BCUT2D eigenvalue weighted by Gasteiger charge is -2.21. The number of aromatic nitrogens is 3. The van der Waals surface area contributed by atoms with Gasteiger partial charge in [-0.1, -0.05) is 0 Å². The van der Waals surface area contributed by atoms with Gasteiger partial charge in [-0.25, -0.2) is 0 Å². The van der Waals surface area contributed by atoms with Crippen LogP contribution in [0.4, 0.5) is 0 Å². The quantitative estimate of drug-likeness (QED) is 0.694. The Hall–Kier alpha value is -0.980. The van der Waals surface area contributed by atoms with Gasteiger partial charge in [-0.2, -0.15) is 0 Å². The summed E-state index contributed by atoms with van der Waals surface area (Å²) in [5, 5.41) is 26.3. The summed E-state index contributed by atoms with van der Waals surface area (Å²) in [6.45, 7) is 2.95. The van der Waals surface area contributed by atoms with E-state index in [-0.39, 0.29) is 13.2 Å². The SMILES string of the molecule is OCCN(CCO)Cc1nnc2n1CCCC2. The van der Waals surface area contributed by atoms with Crippen molar-refractivity contribution in [2.45, 2.75) is 32.4 Å². The number of nitrogens with zero attached hydrogens (tertiary/aromatic N) is 4. The van der Waals surface area contributed by atoms with Crippen LogP contribution in [-0.4, -0.2) is 56.2 Å². The van der Waals surface area contributed by atoms with Crippen molar-refractivity contribution in [3.05, 3.63) is 11.6 Å². The molecule has 0 bridgehead atoms. The molecule has 0 atom stereocenters. The molecule has 2 N–H and O–H groups in total. The summed E-state index contributed by atoms with van der Waals surface area (Å²) in [6.07, 6.45) is 3.38. The molecule has 0 aliphatic carbocycles. The van der Waals surface area contributed by atoms with Gasteiger partial charge in [-0.05, 0) is 12.8 Å². The maximum Gasteiger partial charge on any atom is 0.147 e. The van der Waals surface area contributed by atoms with Crippen LogP contribution < -0.4 is 0 Å². The van der Waals surface area contributed by atoms with Crippen molar-refractivity contribution in [3.8, 4) is 0 Å². The fourth-order valence-electron chi connectivity index (χ4n) is 2.24. The predicted molar refractivity (Wildman–Crippen MR) is 62.4 cm³/mol. The summed E-state index contributed by atoms with van der Waals surface area (Å²) in [7, 11) is 0. The van der Waals surface area contributed by atoms with Crippen molar-refractivity contribution in [1.29, 1.82) is 0 Å². The van der Waals surface area contributed by atoms with Crippen LogP contribution in [0.3, 0.4) is 0 Å². The van der Waals surface area contributed by atoms with Gasteiger partial charge in [0.1, 0.15) is 11.6 Å². The van der Waals surface area contributed by atoms with Crippen molar-refractivity contribution in [2.24, 2.45) is 0 Å². The second-order valence-corrected chi connectivity index (χ2v) is 4.36. The van der Waals surface area contributed by atoms with Gasteiger partial charge in [0.05, 0.1) is 19.8 Å². The molecular weight excluding hydrogens is 220 g/mol. The Labute approximate surface area is 101 Å². The second-order valence-electron chi connectivity index (χ2n) is 4.36. The molecule has 1 aliphatic rings. The molecule has 0 saturated heterocycles. The molecule has 1 aromatic heterocycles. The fraction of sp³-hybridized carbons (Fsp3) is 0.818. The Balaban J connectivity index is 2.03. The highest BCUT2D eigenvalue weighted by Crippen LogP contribution is 2.15. The van der Waals surface area contributed by atoms with E-state index in [0.29, 0.717) is 19.6 Å². The normalized spacial score (nSPS) is 15.2. The molecule has 1 aromatic rings. The number of rotatable bonds is 6. The van der Waals surface area contributed by atoms with Crippen LogP contribution in [0.1, 0.15) is 24.5 Å². The molecular formula is C11H20N4O2. The zero-order chi connectivity index (χ0) is 12.1. The number of aryl methyl sites for hydroxylation is 1. The molecule has 0 radical (unpaired) electrons. The van der Waals surface area contributed by atoms with E-state index in [4.69, 9.17) is 10.2 Å². The van der Waals surface area contributed by atoms with Crippen LogP contribution in [0.2, 0.25) is 0 Å². The summed E-state index contributed by atoms with van der Waals surface area (Å²) in [5.41, 5.74) is 0. The van der Waals surface area contributed by atoms with Gasteiger partial charge in [0.25, 0.3) is 0 Å². The van der Waals surface area contributed by atoms with Crippen molar-refractivity contribution in [3.63, 3.8) is 0 Å². The third-order valence-corrected chi connectivity index (χ3v) is 3.13. The highest BCUT2D eigenvalue weighted by molar-refractivity contribution is 4.98. The number of fused-ring (bicyclic) bond motifs is 1. The van der Waals surface area contributed by atoms with E-state index < -0.39 is 0 Å². The molecule has 0 aromatic carbocycles. The first-order valence-corrected chi connectivity index (χ1v) is 6.20. The van der Waals surface area contributed by atoms with E-state index in [1.165, 1.54) is 12.8 Å². The lowest BCUT2D eigenvalue weighted by Crippen LogP contribution is -2.31. The van der Waals surface area contributed by atoms with Gasteiger partial charge in [0.2, 0.25) is 0 Å². The van der Waals surface area contributed by atoms with Crippen molar-refractivity contribution >= 4 is 0 Å². The molecule has 2 rings (SSSR count). The summed E-state index contributed by atoms with van der Waals surface area (Å²) in [5.74, 6) is 2.01. The molecule has 6 heteroatoms. The van der Waals surface area contributed by atoms with Crippen molar-refractivity contribution in [2.75, 3.05) is 26.3 Å². The first kappa shape index (κ1) is 12.5. The van der Waals surface area contributed by atoms with Gasteiger partial charge < -0.3 is 14.8 Å². The Morgan fingerprint density at radius 3 is 2.59 bits per heavy atom. The predicted octanol–water partition coefficient (Wildman–Crippen LogP) is -0.599. The lowest BCUT2D eigenvalue weighted by molar-refractivity contribution is 0.151. The number of aliphatic hydroxyl groups is 2. The summed E-state index contributed by atoms with van der Waals surface area (Å²) in [4.78, 5) is 1.99. The van der Waals surface area contributed by atoms with E-state index in [1.54, 1.807) is 0 Å². The largest absolute Gasteiger partial charge is 0.395 e. The molecule has 0 fully saturated rings. The smallest absolute Gasteiger partial charge is 0.147 e. The molecule has 0 unspecified atom stereocenters. The van der Waals surface area contributed by atoms with Gasteiger partial charge in [0.15, 0.2) is 0 Å². The fourth-order valence-corrected chi connectivity index (χ4v) is 2.24. The molecule has 17 heavy (non-hydrogen) atoms. The topological polar surface area (TPSA) is 74.4 Å². The molecule has 6 nitrogen and oxygen atoms in total. The maximum absolute atomic E-state index is 8.96. The molecule has 0 amide bonds. The monoisotopic (exact) mass is 240 g/mol. The zero-order valence-corrected chi connectivity index (χ0v) is 10.0. The average molecular weight is 240 g/mol. The van der Waals surface area contributed by atoms with Crippen LogP contribution in [0, 0.1) is 0 Å². The van der Waals surface area contributed by atoms with E-state index in [1.807, 2.05) is 4.90 Å². The third kappa shape index (κ3) is 3.02. The Kier molecular flexibility index (Phi) is 4.47. The minimum absolute atomic E-state index is 0.0982. The summed E-state index contributed by atoms with van der Waals surface area (Å²) in [6, 6.07) is 0. The third-order valence-electron chi connectivity index (χ3n) is 3.13. The van der Waals surface area contributed by atoms with E-state index in [0.717, 1.165) is 24.6 Å². The van der Waals surface area contributed by atoms with Crippen LogP contribution in [0.25, 0.3) is 0 Å². The first-order chi connectivity index (χ1) is 8.35. The second kappa shape index (κ2) is 6.09. The van der Waals surface area contributed by atoms with Crippen LogP contribution >= 0.6 is 0 Å². The molecule has 0 saturated carbocycles. The minimum Gasteiger partial charge on any atom is -0.395 e. The van der Waals surface area contributed by atoms with Gasteiger partial charge in [0, 0.05) is 26.1 Å². The zero-order valence-electron chi connectivity index (χ0n) is 10.0. The minimum atomic E-state index is 0.0982. The molecule has 96 valence electrons. The Bertz CT molecular complexity index is 347. The van der Waals surface area contributed by atoms with E-state index in [2.05, 4.69) is 14.8 Å². The Morgan fingerprint density at radius 1 is 1.12 bits per heavy atom. The van der Waals surface area contributed by atoms with E-state index in [9.17, 15) is 0 Å². The van der Waals surface area contributed by atoms with E-state index >= 15 is 0 Å². The van der Waals surface area contributed by atoms with Crippen molar-refractivity contribution < 1.29 is 10.2 Å². The van der Waals surface area contributed by atoms with Gasteiger partial charge in [-0.15, -0.1) is 10.2 Å². The number of hydrogen-bond donors (Lipinski definition) is 2. The van der Waals surface area contributed by atoms with Gasteiger partial charge >= 0.3 is 0 Å². The van der Waals surface area contributed by atoms with Crippen molar-refractivity contribution in [1.82, 2.24) is 19.7 Å².